The zero-order valence-electron chi connectivity index (χ0n) is 17.5. The number of amides is 2. The minimum atomic E-state index is -4.20. The number of carbonyl (C=O) groups excluding carboxylic acids is 2. The molecule has 0 bridgehead atoms. The number of nitrogens with one attached hydrogen (secondary N) is 1. The van der Waals surface area contributed by atoms with Gasteiger partial charge in [-0.3, -0.25) is 9.59 Å². The second-order valence-electron chi connectivity index (χ2n) is 7.54. The molecular formula is C20H28FN3O5S2. The largest absolute Gasteiger partial charge is 0.368 e. The van der Waals surface area contributed by atoms with Crippen LogP contribution in [0.15, 0.2) is 29.2 Å². The highest BCUT2D eigenvalue weighted by Gasteiger charge is 2.34. The first-order valence-corrected chi connectivity index (χ1v) is 13.2. The maximum atomic E-state index is 14.0. The number of rotatable bonds is 8. The molecule has 8 nitrogen and oxygen atoms in total. The van der Waals surface area contributed by atoms with Crippen LogP contribution in [0, 0.1) is 5.82 Å². The van der Waals surface area contributed by atoms with Gasteiger partial charge in [0.25, 0.3) is 5.91 Å². The van der Waals surface area contributed by atoms with E-state index >= 15 is 0 Å². The molecule has 2 amide bonds. The minimum absolute atomic E-state index is 0.0520. The van der Waals surface area contributed by atoms with Gasteiger partial charge in [0.05, 0.1) is 0 Å². The molecule has 1 aromatic rings. The van der Waals surface area contributed by atoms with Crippen LogP contribution in [0.5, 0.6) is 0 Å². The van der Waals surface area contributed by atoms with E-state index in [-0.39, 0.29) is 18.2 Å². The van der Waals surface area contributed by atoms with E-state index in [0.29, 0.717) is 45.0 Å². The molecule has 0 saturated carbocycles. The van der Waals surface area contributed by atoms with E-state index < -0.39 is 32.9 Å². The number of sulfonamides is 1. The van der Waals surface area contributed by atoms with Crippen molar-refractivity contribution in [2.24, 2.45) is 0 Å². The number of benzene rings is 1. The molecule has 2 atom stereocenters. The van der Waals surface area contributed by atoms with Gasteiger partial charge in [-0.2, -0.15) is 16.5 Å². The van der Waals surface area contributed by atoms with E-state index in [1.54, 1.807) is 9.80 Å². The Morgan fingerprint density at radius 3 is 2.52 bits per heavy atom. The van der Waals surface area contributed by atoms with Crippen LogP contribution >= 0.6 is 11.8 Å². The van der Waals surface area contributed by atoms with Gasteiger partial charge in [-0.1, -0.05) is 12.1 Å². The van der Waals surface area contributed by atoms with E-state index in [2.05, 4.69) is 4.72 Å². The molecule has 1 aromatic carbocycles. The zero-order chi connectivity index (χ0) is 22.4. The van der Waals surface area contributed by atoms with Gasteiger partial charge >= 0.3 is 0 Å². The van der Waals surface area contributed by atoms with Crippen molar-refractivity contribution < 1.29 is 27.1 Å². The predicted octanol–water partition coefficient (Wildman–Crippen LogP) is 1.08. The number of thioether (sulfide) groups is 1. The van der Waals surface area contributed by atoms with Gasteiger partial charge in [0.1, 0.15) is 22.9 Å². The maximum absolute atomic E-state index is 14.0. The van der Waals surface area contributed by atoms with Crippen LogP contribution in [-0.4, -0.2) is 87.0 Å². The number of piperazine rings is 1. The molecule has 2 aliphatic heterocycles. The van der Waals surface area contributed by atoms with E-state index in [4.69, 9.17) is 4.74 Å². The summed E-state index contributed by atoms with van der Waals surface area (Å²) < 4.78 is 47.3. The van der Waals surface area contributed by atoms with Crippen LogP contribution in [0.25, 0.3) is 0 Å². The highest BCUT2D eigenvalue weighted by molar-refractivity contribution is 7.98. The van der Waals surface area contributed by atoms with E-state index in [0.717, 1.165) is 12.5 Å². The molecule has 0 radical (unpaired) electrons. The van der Waals surface area contributed by atoms with Crippen molar-refractivity contribution in [3.63, 3.8) is 0 Å². The second-order valence-corrected chi connectivity index (χ2v) is 10.2. The van der Waals surface area contributed by atoms with E-state index in [1.807, 2.05) is 6.26 Å². The van der Waals surface area contributed by atoms with Gasteiger partial charge in [-0.15, -0.1) is 0 Å². The molecule has 2 unspecified atom stereocenters. The smallest absolute Gasteiger partial charge is 0.251 e. The fourth-order valence-corrected chi connectivity index (χ4v) is 5.50. The van der Waals surface area contributed by atoms with E-state index in [1.165, 1.54) is 30.0 Å². The molecule has 1 N–H and O–H groups in total. The number of halogens is 1. The molecular weight excluding hydrogens is 445 g/mol. The molecule has 0 aliphatic carbocycles. The number of carbonyl (C=O) groups is 2. The molecule has 2 saturated heterocycles. The second kappa shape index (κ2) is 10.8. The fourth-order valence-electron chi connectivity index (χ4n) is 3.73. The Hall–Kier alpha value is -1.69. The molecule has 11 heteroatoms. The number of hydrogen-bond acceptors (Lipinski definition) is 6. The number of hydrogen-bond donors (Lipinski definition) is 1. The third-order valence-electron chi connectivity index (χ3n) is 5.44. The zero-order valence-corrected chi connectivity index (χ0v) is 19.1. The lowest BCUT2D eigenvalue weighted by atomic mass is 10.1. The number of nitrogens with zero attached hydrogens (tertiary/aromatic N) is 2. The summed E-state index contributed by atoms with van der Waals surface area (Å²) in [6.45, 7) is 1.97. The molecule has 2 aliphatic rings. The quantitative estimate of drug-likeness (QED) is 0.607. The first-order valence-electron chi connectivity index (χ1n) is 10.3. The highest BCUT2D eigenvalue weighted by Crippen LogP contribution is 2.18. The minimum Gasteiger partial charge on any atom is -0.368 e. The van der Waals surface area contributed by atoms with Crippen LogP contribution in [-0.2, 0) is 24.3 Å². The van der Waals surface area contributed by atoms with Gasteiger partial charge in [0.2, 0.25) is 15.9 Å². The Kier molecular flexibility index (Phi) is 8.31. The summed E-state index contributed by atoms with van der Waals surface area (Å²) in [6, 6.07) is 4.07. The molecule has 2 fully saturated rings. The summed E-state index contributed by atoms with van der Waals surface area (Å²) in [6.07, 6.45) is 3.33. The first kappa shape index (κ1) is 24.0. The monoisotopic (exact) mass is 473 g/mol. The summed E-state index contributed by atoms with van der Waals surface area (Å²) >= 11 is 1.49. The molecule has 0 aromatic heterocycles. The summed E-state index contributed by atoms with van der Waals surface area (Å²) in [4.78, 5) is 28.4. The Bertz CT molecular complexity index is 885. The third-order valence-corrected chi connectivity index (χ3v) is 7.59. The van der Waals surface area contributed by atoms with Crippen LogP contribution < -0.4 is 4.72 Å². The van der Waals surface area contributed by atoms with Gasteiger partial charge in [-0.25, -0.2) is 12.8 Å². The summed E-state index contributed by atoms with van der Waals surface area (Å²) in [5.74, 6) is -0.720. The highest BCUT2D eigenvalue weighted by atomic mass is 32.2. The normalized spacial score (nSPS) is 20.6. The van der Waals surface area contributed by atoms with Gasteiger partial charge < -0.3 is 14.5 Å². The Labute approximate surface area is 186 Å². The average Bonchev–Trinajstić information content (AvgIpc) is 3.31. The SMILES string of the molecule is CSCCC(NS(=O)(=O)c1ccccc1F)C(=O)N1CCN(C(=O)C2CCCO2)CC1. The lowest BCUT2D eigenvalue weighted by Crippen LogP contribution is -2.57. The standard InChI is InChI=1S/C20H28FN3O5S2/c1-30-14-8-16(22-31(27,28)18-7-3-2-5-15(18)21)19(25)23-9-11-24(12-10-23)20(26)17-6-4-13-29-17/h2-3,5,7,16-17,22H,4,6,8-14H2,1H3. The van der Waals surface area contributed by atoms with Crippen molar-refractivity contribution >= 4 is 33.6 Å². The van der Waals surface area contributed by atoms with Crippen LogP contribution in [0.1, 0.15) is 19.3 Å². The predicted molar refractivity (Wildman–Crippen MR) is 116 cm³/mol. The van der Waals surface area contributed by atoms with Gasteiger partial charge in [0.15, 0.2) is 0 Å². The van der Waals surface area contributed by atoms with Gasteiger partial charge in [0, 0.05) is 32.8 Å². The van der Waals surface area contributed by atoms with Crippen LogP contribution in [0.3, 0.4) is 0 Å². The van der Waals surface area contributed by atoms with Crippen molar-refractivity contribution in [3.05, 3.63) is 30.1 Å². The lowest BCUT2D eigenvalue weighted by molar-refractivity contribution is -0.146. The van der Waals surface area contributed by atoms with Crippen molar-refractivity contribution in [3.8, 4) is 0 Å². The molecule has 31 heavy (non-hydrogen) atoms. The third kappa shape index (κ3) is 5.97. The molecule has 172 valence electrons. The van der Waals surface area contributed by atoms with Crippen molar-refractivity contribution in [2.45, 2.75) is 36.3 Å². The first-order chi connectivity index (χ1) is 14.8. The molecule has 0 spiro atoms. The van der Waals surface area contributed by atoms with Crippen LogP contribution in [0.4, 0.5) is 4.39 Å². The van der Waals surface area contributed by atoms with Gasteiger partial charge in [-0.05, 0) is 43.4 Å². The lowest BCUT2D eigenvalue weighted by Gasteiger charge is -2.37. The topological polar surface area (TPSA) is 96.0 Å². The van der Waals surface area contributed by atoms with Crippen molar-refractivity contribution in [1.82, 2.24) is 14.5 Å². The Balaban J connectivity index is 1.65. The van der Waals surface area contributed by atoms with Crippen molar-refractivity contribution in [1.29, 1.82) is 0 Å². The van der Waals surface area contributed by atoms with Crippen LogP contribution in [0.2, 0.25) is 0 Å². The molecule has 3 rings (SSSR count). The summed E-state index contributed by atoms with van der Waals surface area (Å²) in [5.41, 5.74) is 0. The maximum Gasteiger partial charge on any atom is 0.251 e. The van der Waals surface area contributed by atoms with E-state index in [9.17, 15) is 22.4 Å². The summed E-state index contributed by atoms with van der Waals surface area (Å²) in [7, 11) is -4.20. The average molecular weight is 474 g/mol. The summed E-state index contributed by atoms with van der Waals surface area (Å²) in [5, 5.41) is 0. The molecule has 2 heterocycles. The number of ether oxygens (including phenoxy) is 1. The Morgan fingerprint density at radius 2 is 1.90 bits per heavy atom. The van der Waals surface area contributed by atoms with Crippen molar-refractivity contribution in [2.75, 3.05) is 44.8 Å². The fraction of sp³-hybridized carbons (Fsp3) is 0.600. The Morgan fingerprint density at radius 1 is 1.23 bits per heavy atom.